The maximum Gasteiger partial charge on any atom is 0.267 e. The van der Waals surface area contributed by atoms with E-state index in [9.17, 15) is 13.2 Å². The van der Waals surface area contributed by atoms with Gasteiger partial charge in [-0.2, -0.15) is 0 Å². The van der Waals surface area contributed by atoms with Gasteiger partial charge in [0.25, 0.3) is 10.0 Å². The molecular formula is C21H28N4O3S2. The van der Waals surface area contributed by atoms with Crippen molar-refractivity contribution in [1.82, 2.24) is 18.7 Å². The third-order valence-electron chi connectivity index (χ3n) is 5.73. The van der Waals surface area contributed by atoms with E-state index in [1.807, 2.05) is 11.0 Å². The first kappa shape index (κ1) is 21.4. The van der Waals surface area contributed by atoms with E-state index in [4.69, 9.17) is 0 Å². The van der Waals surface area contributed by atoms with Gasteiger partial charge in [0, 0.05) is 38.9 Å². The Hall–Kier alpha value is -1.81. The van der Waals surface area contributed by atoms with Crippen LogP contribution in [0, 0.1) is 0 Å². The first-order chi connectivity index (χ1) is 14.5. The number of rotatable bonds is 7. The Labute approximate surface area is 182 Å². The van der Waals surface area contributed by atoms with Gasteiger partial charge in [-0.05, 0) is 44.3 Å². The molecule has 7 nitrogen and oxygen atoms in total. The maximum absolute atomic E-state index is 13.1. The average Bonchev–Trinajstić information content (AvgIpc) is 3.38. The molecule has 1 aromatic heterocycles. The van der Waals surface area contributed by atoms with Crippen LogP contribution in [0.4, 0.5) is 0 Å². The molecule has 0 bridgehead atoms. The molecule has 30 heavy (non-hydrogen) atoms. The highest BCUT2D eigenvalue weighted by Gasteiger charge is 2.36. The molecule has 4 rings (SSSR count). The van der Waals surface area contributed by atoms with Crippen LogP contribution in [0.15, 0.2) is 53.6 Å². The first-order valence-corrected chi connectivity index (χ1v) is 12.8. The van der Waals surface area contributed by atoms with Crippen molar-refractivity contribution >= 4 is 27.7 Å². The van der Waals surface area contributed by atoms with Crippen LogP contribution in [0.5, 0.6) is 0 Å². The van der Waals surface area contributed by atoms with Crippen LogP contribution >= 0.6 is 11.8 Å². The number of carbonyl (C=O) groups is 1. The van der Waals surface area contributed by atoms with E-state index in [0.717, 1.165) is 39.1 Å². The summed E-state index contributed by atoms with van der Waals surface area (Å²) in [6, 6.07) is 12.0. The topological polar surface area (TPSA) is 65.9 Å². The monoisotopic (exact) mass is 448 g/mol. The fourth-order valence-electron chi connectivity index (χ4n) is 3.97. The summed E-state index contributed by atoms with van der Waals surface area (Å²) >= 11 is 1.50. The van der Waals surface area contributed by atoms with Gasteiger partial charge < -0.3 is 14.7 Å². The normalized spacial score (nSPS) is 21.4. The Balaban J connectivity index is 1.47. The zero-order valence-corrected chi connectivity index (χ0v) is 18.8. The summed E-state index contributed by atoms with van der Waals surface area (Å²) in [4.78, 5) is 19.4. The molecule has 1 amide bonds. The molecule has 0 aliphatic carbocycles. The highest BCUT2D eigenvalue weighted by Crippen LogP contribution is 2.39. The van der Waals surface area contributed by atoms with Gasteiger partial charge in [-0.3, -0.25) is 4.79 Å². The number of aromatic nitrogens is 1. The second-order valence-electron chi connectivity index (χ2n) is 7.80. The molecule has 2 saturated heterocycles. The second-order valence-corrected chi connectivity index (χ2v) is 10.7. The molecule has 0 N–H and O–H groups in total. The van der Waals surface area contributed by atoms with Crippen LogP contribution in [-0.4, -0.2) is 85.1 Å². The van der Waals surface area contributed by atoms with Gasteiger partial charge >= 0.3 is 0 Å². The van der Waals surface area contributed by atoms with Gasteiger partial charge in [0.15, 0.2) is 0 Å². The third-order valence-corrected chi connectivity index (χ3v) is 8.68. The molecule has 9 heteroatoms. The van der Waals surface area contributed by atoms with Gasteiger partial charge in [-0.15, -0.1) is 11.8 Å². The summed E-state index contributed by atoms with van der Waals surface area (Å²) in [5.41, 5.74) is 0.634. The van der Waals surface area contributed by atoms with E-state index < -0.39 is 10.0 Å². The smallest absolute Gasteiger partial charge is 0.267 e. The van der Waals surface area contributed by atoms with Crippen LogP contribution in [0.1, 0.15) is 17.5 Å². The number of hydrogen-bond acceptors (Lipinski definition) is 6. The number of hydrogen-bond donors (Lipinski definition) is 0. The highest BCUT2D eigenvalue weighted by atomic mass is 32.2. The van der Waals surface area contributed by atoms with Crippen molar-refractivity contribution in [3.8, 4) is 0 Å². The number of piperazine rings is 1. The summed E-state index contributed by atoms with van der Waals surface area (Å²) in [7, 11) is -1.56. The molecular weight excluding hydrogens is 420 g/mol. The number of amides is 1. The average molecular weight is 449 g/mol. The van der Waals surface area contributed by atoms with E-state index in [-0.39, 0.29) is 16.2 Å². The highest BCUT2D eigenvalue weighted by molar-refractivity contribution is 8.00. The fourth-order valence-corrected chi connectivity index (χ4v) is 6.67. The molecule has 2 aromatic rings. The Kier molecular flexibility index (Phi) is 6.52. The van der Waals surface area contributed by atoms with Crippen molar-refractivity contribution in [2.45, 2.75) is 16.7 Å². The van der Waals surface area contributed by atoms with Crippen molar-refractivity contribution in [1.29, 1.82) is 0 Å². The number of thioether (sulfide) groups is 1. The first-order valence-electron chi connectivity index (χ1n) is 10.3. The van der Waals surface area contributed by atoms with E-state index in [2.05, 4.69) is 16.8 Å². The molecule has 1 unspecified atom stereocenters. The van der Waals surface area contributed by atoms with Gasteiger partial charge in [-0.25, -0.2) is 12.4 Å². The number of nitrogens with zero attached hydrogens (tertiary/aromatic N) is 4. The molecule has 2 aliphatic heterocycles. The van der Waals surface area contributed by atoms with E-state index in [0.29, 0.717) is 18.0 Å². The summed E-state index contributed by atoms with van der Waals surface area (Å²) in [5.74, 6) is 0.462. The summed E-state index contributed by atoms with van der Waals surface area (Å²) in [6.45, 7) is 5.86. The Morgan fingerprint density at radius 3 is 2.47 bits per heavy atom. The summed E-state index contributed by atoms with van der Waals surface area (Å²) in [6.07, 6.45) is 2.46. The summed E-state index contributed by atoms with van der Waals surface area (Å²) in [5, 5.41) is -0.279. The van der Waals surface area contributed by atoms with Crippen LogP contribution in [0.2, 0.25) is 0 Å². The Morgan fingerprint density at radius 1 is 1.00 bits per heavy atom. The number of carbonyl (C=O) groups excluding carboxylic acids is 1. The van der Waals surface area contributed by atoms with Crippen LogP contribution < -0.4 is 0 Å². The standard InChI is InChI=1S/C21H28N4O3S2/c1-22-13-15-23(16-14-22)10-6-11-24-20(26)17-29-21(24)19-9-5-12-25(19)30(27,28)18-7-3-2-4-8-18/h2-5,7-9,12,21H,6,10-11,13-17H2,1H3. The predicted octanol–water partition coefficient (Wildman–Crippen LogP) is 1.94. The molecule has 1 atom stereocenters. The second kappa shape index (κ2) is 9.13. The minimum atomic E-state index is -3.70. The van der Waals surface area contributed by atoms with Crippen molar-refractivity contribution in [2.75, 3.05) is 52.1 Å². The van der Waals surface area contributed by atoms with E-state index >= 15 is 0 Å². The Bertz CT molecular complexity index is 969. The Morgan fingerprint density at radius 2 is 1.73 bits per heavy atom. The lowest BCUT2D eigenvalue weighted by Gasteiger charge is -2.33. The molecule has 3 heterocycles. The predicted molar refractivity (Wildman–Crippen MR) is 119 cm³/mol. The number of likely N-dealkylation sites (N-methyl/N-ethyl adjacent to an activating group) is 1. The van der Waals surface area contributed by atoms with Crippen molar-refractivity contribution in [3.05, 3.63) is 54.4 Å². The SMILES string of the molecule is CN1CCN(CCCN2C(=O)CSC2c2cccn2S(=O)(=O)c2ccccc2)CC1. The van der Waals surface area contributed by atoms with Gasteiger partial charge in [0.05, 0.1) is 16.3 Å². The number of benzene rings is 1. The molecule has 0 spiro atoms. The van der Waals surface area contributed by atoms with Crippen LogP contribution in [0.3, 0.4) is 0 Å². The minimum Gasteiger partial charge on any atom is -0.324 e. The molecule has 0 radical (unpaired) electrons. The largest absolute Gasteiger partial charge is 0.324 e. The van der Waals surface area contributed by atoms with Crippen molar-refractivity contribution in [2.24, 2.45) is 0 Å². The minimum absolute atomic E-state index is 0.0771. The molecule has 1 aromatic carbocycles. The van der Waals surface area contributed by atoms with Gasteiger partial charge in [0.1, 0.15) is 5.37 Å². The zero-order chi connectivity index (χ0) is 21.1. The molecule has 2 fully saturated rings. The lowest BCUT2D eigenvalue weighted by Crippen LogP contribution is -2.45. The molecule has 162 valence electrons. The third kappa shape index (κ3) is 4.44. The molecule has 2 aliphatic rings. The van der Waals surface area contributed by atoms with E-state index in [1.54, 1.807) is 42.6 Å². The lowest BCUT2D eigenvalue weighted by atomic mass is 10.2. The molecule has 0 saturated carbocycles. The van der Waals surface area contributed by atoms with Gasteiger partial charge in [-0.1, -0.05) is 18.2 Å². The van der Waals surface area contributed by atoms with Crippen molar-refractivity contribution < 1.29 is 13.2 Å². The van der Waals surface area contributed by atoms with Gasteiger partial charge in [0.2, 0.25) is 5.91 Å². The van der Waals surface area contributed by atoms with Crippen LogP contribution in [0.25, 0.3) is 0 Å². The fraction of sp³-hybridized carbons (Fsp3) is 0.476. The van der Waals surface area contributed by atoms with E-state index in [1.165, 1.54) is 15.7 Å². The lowest BCUT2D eigenvalue weighted by molar-refractivity contribution is -0.128. The quantitative estimate of drug-likeness (QED) is 0.645. The van der Waals surface area contributed by atoms with Crippen molar-refractivity contribution in [3.63, 3.8) is 0 Å². The maximum atomic E-state index is 13.1. The van der Waals surface area contributed by atoms with Crippen LogP contribution in [-0.2, 0) is 14.8 Å². The summed E-state index contributed by atoms with van der Waals surface area (Å²) < 4.78 is 27.6. The zero-order valence-electron chi connectivity index (χ0n) is 17.2.